The Labute approximate surface area is 166 Å². The molecule has 0 aliphatic carbocycles. The van der Waals surface area contributed by atoms with Crippen LogP contribution < -0.4 is 0 Å². The van der Waals surface area contributed by atoms with Crippen molar-refractivity contribution < 1.29 is 9.21 Å². The van der Waals surface area contributed by atoms with E-state index in [0.29, 0.717) is 18.9 Å². The lowest BCUT2D eigenvalue weighted by Gasteiger charge is -2.32. The van der Waals surface area contributed by atoms with Gasteiger partial charge in [0.2, 0.25) is 5.89 Å². The number of amides is 1. The Morgan fingerprint density at radius 3 is 2.93 bits per heavy atom. The predicted molar refractivity (Wildman–Crippen MR) is 103 cm³/mol. The molecule has 9 nitrogen and oxygen atoms in total. The summed E-state index contributed by atoms with van der Waals surface area (Å²) in [5.41, 5.74) is 4.55. The molecule has 4 aromatic rings. The first-order chi connectivity index (χ1) is 14.0. The molecule has 5 rings (SSSR count). The molecule has 9 heteroatoms. The van der Waals surface area contributed by atoms with Gasteiger partial charge in [0, 0.05) is 30.3 Å². The largest absolute Gasteiger partial charge is 0.417 e. The van der Waals surface area contributed by atoms with E-state index >= 15 is 0 Å². The van der Waals surface area contributed by atoms with Crippen molar-refractivity contribution in [2.45, 2.75) is 39.2 Å². The number of nitrogens with zero attached hydrogens (tertiary/aromatic N) is 6. The number of aromatic nitrogens is 6. The second-order valence-electron chi connectivity index (χ2n) is 7.59. The highest BCUT2D eigenvalue weighted by molar-refractivity contribution is 5.90. The third-order valence-electron chi connectivity index (χ3n) is 5.28. The average Bonchev–Trinajstić information content (AvgIpc) is 3.44. The summed E-state index contributed by atoms with van der Waals surface area (Å²) in [5.74, 6) is 0.195. The van der Waals surface area contributed by atoms with Gasteiger partial charge >= 0.3 is 11.8 Å². The molecule has 0 aromatic carbocycles. The maximum atomic E-state index is 13.3. The number of pyridine rings is 1. The highest BCUT2D eigenvalue weighted by Crippen LogP contribution is 2.34. The normalized spacial score (nSPS) is 16.6. The van der Waals surface area contributed by atoms with Crippen LogP contribution in [0.4, 0.5) is 0 Å². The van der Waals surface area contributed by atoms with E-state index in [1.807, 2.05) is 49.6 Å². The van der Waals surface area contributed by atoms with Crippen LogP contribution in [0.15, 0.2) is 35.0 Å². The third kappa shape index (κ3) is 2.81. The van der Waals surface area contributed by atoms with Crippen LogP contribution >= 0.6 is 0 Å². The number of aromatic amines is 1. The zero-order chi connectivity index (χ0) is 20.1. The van der Waals surface area contributed by atoms with Crippen LogP contribution in [0.2, 0.25) is 0 Å². The second kappa shape index (κ2) is 6.54. The summed E-state index contributed by atoms with van der Waals surface area (Å²) < 4.78 is 7.50. The zero-order valence-corrected chi connectivity index (χ0v) is 16.5. The minimum atomic E-state index is -0.425. The Bertz CT molecular complexity index is 1200. The van der Waals surface area contributed by atoms with Crippen LogP contribution in [-0.4, -0.2) is 47.1 Å². The second-order valence-corrected chi connectivity index (χ2v) is 7.59. The predicted octanol–water partition coefficient (Wildman–Crippen LogP) is 2.66. The van der Waals surface area contributed by atoms with Gasteiger partial charge in [-0.1, -0.05) is 19.9 Å². The molecular weight excluding hydrogens is 370 g/mol. The van der Waals surface area contributed by atoms with Crippen LogP contribution in [0.25, 0.3) is 5.52 Å². The van der Waals surface area contributed by atoms with Crippen molar-refractivity contribution in [2.75, 3.05) is 6.54 Å². The summed E-state index contributed by atoms with van der Waals surface area (Å²) in [7, 11) is 0. The van der Waals surface area contributed by atoms with Gasteiger partial charge in [-0.3, -0.25) is 4.79 Å². The third-order valence-corrected chi connectivity index (χ3v) is 5.28. The Kier molecular flexibility index (Phi) is 3.97. The van der Waals surface area contributed by atoms with Crippen molar-refractivity contribution in [1.29, 1.82) is 0 Å². The quantitative estimate of drug-likeness (QED) is 0.576. The number of imidazole rings is 1. The molecule has 4 aromatic heterocycles. The summed E-state index contributed by atoms with van der Waals surface area (Å²) in [6.45, 7) is 6.39. The first-order valence-electron chi connectivity index (χ1n) is 9.64. The highest BCUT2D eigenvalue weighted by Gasteiger charge is 2.38. The summed E-state index contributed by atoms with van der Waals surface area (Å²) in [5, 5.41) is 12.8. The van der Waals surface area contributed by atoms with E-state index in [9.17, 15) is 4.79 Å². The van der Waals surface area contributed by atoms with Gasteiger partial charge in [0.05, 0.1) is 23.2 Å². The van der Waals surface area contributed by atoms with Crippen LogP contribution in [-0.2, 0) is 6.42 Å². The standard InChI is InChI=1S/C20H21N7O2/c1-11(2)18-23-24-19(29-18)20(28)26-8-7-14-16(22-10-21-14)17(26)15-9-13-6-4-5-12(3)27(13)25-15/h4-6,9-11,17H,7-8H2,1-3H3,(H,21,22). The SMILES string of the molecule is Cc1cccc2cc(C3c4nc[nH]c4CCN3C(=O)c3nnc(C(C)C)o3)nn12. The van der Waals surface area contributed by atoms with E-state index in [-0.39, 0.29) is 17.7 Å². The molecule has 0 spiro atoms. The lowest BCUT2D eigenvalue weighted by molar-refractivity contribution is 0.0643. The molecule has 148 valence electrons. The molecule has 0 saturated carbocycles. The number of rotatable bonds is 3. The Morgan fingerprint density at radius 2 is 2.17 bits per heavy atom. The number of H-pyrrole nitrogens is 1. The molecular formula is C20H21N7O2. The van der Waals surface area contributed by atoms with Crippen LogP contribution in [0.5, 0.6) is 0 Å². The maximum absolute atomic E-state index is 13.3. The van der Waals surface area contributed by atoms with Crippen LogP contribution in [0.3, 0.4) is 0 Å². The number of carbonyl (C=O) groups is 1. The van der Waals surface area contributed by atoms with Gasteiger partial charge in [0.1, 0.15) is 6.04 Å². The number of hydrogen-bond acceptors (Lipinski definition) is 6. The van der Waals surface area contributed by atoms with E-state index in [2.05, 4.69) is 20.2 Å². The molecule has 1 unspecified atom stereocenters. The smallest absolute Gasteiger partial charge is 0.312 e. The van der Waals surface area contributed by atoms with E-state index in [4.69, 9.17) is 9.52 Å². The minimum Gasteiger partial charge on any atom is -0.417 e. The summed E-state index contributed by atoms with van der Waals surface area (Å²) in [6.07, 6.45) is 2.34. The van der Waals surface area contributed by atoms with Crippen LogP contribution in [0.1, 0.15) is 65.2 Å². The topological polar surface area (TPSA) is 105 Å². The van der Waals surface area contributed by atoms with Gasteiger partial charge in [0.15, 0.2) is 0 Å². The zero-order valence-electron chi connectivity index (χ0n) is 16.5. The van der Waals surface area contributed by atoms with Crippen molar-refractivity contribution in [1.82, 2.24) is 34.7 Å². The molecule has 1 amide bonds. The molecule has 29 heavy (non-hydrogen) atoms. The first-order valence-corrected chi connectivity index (χ1v) is 9.64. The van der Waals surface area contributed by atoms with E-state index in [1.54, 1.807) is 11.2 Å². The monoisotopic (exact) mass is 391 g/mol. The van der Waals surface area contributed by atoms with E-state index < -0.39 is 6.04 Å². The fourth-order valence-corrected chi connectivity index (χ4v) is 3.78. The van der Waals surface area contributed by atoms with Gasteiger partial charge in [-0.15, -0.1) is 10.2 Å². The highest BCUT2D eigenvalue weighted by atomic mass is 16.4. The maximum Gasteiger partial charge on any atom is 0.312 e. The summed E-state index contributed by atoms with van der Waals surface area (Å²) in [4.78, 5) is 22.7. The molecule has 1 aliphatic rings. The van der Waals surface area contributed by atoms with Gasteiger partial charge < -0.3 is 14.3 Å². The molecule has 1 aliphatic heterocycles. The van der Waals surface area contributed by atoms with Crippen molar-refractivity contribution in [2.24, 2.45) is 0 Å². The van der Waals surface area contributed by atoms with E-state index in [1.165, 1.54) is 0 Å². The Morgan fingerprint density at radius 1 is 1.31 bits per heavy atom. The number of nitrogens with one attached hydrogen (secondary N) is 1. The molecule has 0 fully saturated rings. The van der Waals surface area contributed by atoms with Gasteiger partial charge in [-0.05, 0) is 25.1 Å². The number of fused-ring (bicyclic) bond motifs is 2. The molecule has 0 bridgehead atoms. The fraction of sp³-hybridized carbons (Fsp3) is 0.350. The van der Waals surface area contributed by atoms with Gasteiger partial charge in [-0.25, -0.2) is 9.50 Å². The molecule has 0 saturated heterocycles. The minimum absolute atomic E-state index is 0.00219. The van der Waals surface area contributed by atoms with Crippen molar-refractivity contribution in [3.8, 4) is 0 Å². The average molecular weight is 391 g/mol. The number of hydrogen-bond donors (Lipinski definition) is 1. The molecule has 5 heterocycles. The molecule has 0 radical (unpaired) electrons. The Balaban J connectivity index is 1.60. The summed E-state index contributed by atoms with van der Waals surface area (Å²) in [6, 6.07) is 7.56. The van der Waals surface area contributed by atoms with Crippen molar-refractivity contribution >= 4 is 11.4 Å². The van der Waals surface area contributed by atoms with Crippen molar-refractivity contribution in [3.63, 3.8) is 0 Å². The van der Waals surface area contributed by atoms with Gasteiger partial charge in [0.25, 0.3) is 0 Å². The van der Waals surface area contributed by atoms with E-state index in [0.717, 1.165) is 28.3 Å². The fourth-order valence-electron chi connectivity index (χ4n) is 3.78. The number of carbonyl (C=O) groups excluding carboxylic acids is 1. The summed E-state index contributed by atoms with van der Waals surface area (Å²) >= 11 is 0. The Hall–Kier alpha value is -3.49. The first kappa shape index (κ1) is 17.6. The lowest BCUT2D eigenvalue weighted by Crippen LogP contribution is -2.41. The van der Waals surface area contributed by atoms with Crippen LogP contribution in [0, 0.1) is 6.92 Å². The lowest BCUT2D eigenvalue weighted by atomic mass is 9.99. The number of aryl methyl sites for hydroxylation is 1. The van der Waals surface area contributed by atoms with Crippen molar-refractivity contribution in [3.05, 3.63) is 65.1 Å². The molecule has 1 N–H and O–H groups in total. The molecule has 1 atom stereocenters. The van der Waals surface area contributed by atoms with Gasteiger partial charge in [-0.2, -0.15) is 5.10 Å².